The first-order chi connectivity index (χ1) is 8.06. The van der Waals surface area contributed by atoms with Gasteiger partial charge in [0.25, 0.3) is 0 Å². The van der Waals surface area contributed by atoms with Gasteiger partial charge in [0.15, 0.2) is 0 Å². The minimum absolute atomic E-state index is 0.0584. The number of rotatable bonds is 3. The Balaban J connectivity index is 1.92. The van der Waals surface area contributed by atoms with E-state index in [1.165, 1.54) is 11.3 Å². The van der Waals surface area contributed by atoms with Crippen molar-refractivity contribution >= 4 is 34.8 Å². The van der Waals surface area contributed by atoms with Crippen LogP contribution < -0.4 is 10.6 Å². The molecule has 0 bridgehead atoms. The molecule has 4 nitrogen and oxygen atoms in total. The van der Waals surface area contributed by atoms with E-state index in [1.807, 2.05) is 19.1 Å². The molecule has 0 aliphatic carbocycles. The maximum absolute atomic E-state index is 11.8. The Bertz CT molecular complexity index is 446. The Morgan fingerprint density at radius 1 is 1.65 bits per heavy atom. The highest BCUT2D eigenvalue weighted by atomic mass is 35.5. The Labute approximate surface area is 108 Å². The van der Waals surface area contributed by atoms with E-state index >= 15 is 0 Å². The van der Waals surface area contributed by atoms with Crippen LogP contribution in [0.3, 0.4) is 0 Å². The quantitative estimate of drug-likeness (QED) is 0.880. The van der Waals surface area contributed by atoms with Crippen molar-refractivity contribution in [3.8, 4) is 0 Å². The maximum Gasteiger partial charge on any atom is 0.225 e. The van der Waals surface area contributed by atoms with Gasteiger partial charge in [0, 0.05) is 17.8 Å². The Kier molecular flexibility index (Phi) is 3.69. The van der Waals surface area contributed by atoms with E-state index in [4.69, 9.17) is 11.6 Å². The third kappa shape index (κ3) is 2.98. The number of hydrogen-bond donors (Lipinski definition) is 2. The number of halogens is 1. The summed E-state index contributed by atoms with van der Waals surface area (Å²) in [6.07, 6.45) is 0.281. The van der Waals surface area contributed by atoms with E-state index in [9.17, 15) is 9.59 Å². The minimum Gasteiger partial charge on any atom is -0.355 e. The second-order valence-corrected chi connectivity index (χ2v) is 5.82. The molecule has 17 heavy (non-hydrogen) atoms. The fraction of sp³-hybridized carbons (Fsp3) is 0.455. The van der Waals surface area contributed by atoms with Gasteiger partial charge in [0.05, 0.1) is 16.3 Å². The lowest BCUT2D eigenvalue weighted by atomic mass is 10.1. The van der Waals surface area contributed by atoms with E-state index in [0.29, 0.717) is 10.9 Å². The molecule has 2 amide bonds. The average Bonchev–Trinajstić information content (AvgIpc) is 2.87. The van der Waals surface area contributed by atoms with E-state index in [0.717, 1.165) is 4.88 Å². The minimum atomic E-state index is -0.250. The number of carbonyl (C=O) groups is 2. The second-order valence-electron chi connectivity index (χ2n) is 4.08. The van der Waals surface area contributed by atoms with E-state index < -0.39 is 0 Å². The molecule has 6 heteroatoms. The Hall–Kier alpha value is -1.07. The van der Waals surface area contributed by atoms with Crippen LogP contribution in [0.4, 0.5) is 0 Å². The van der Waals surface area contributed by atoms with Crippen LogP contribution in [0.15, 0.2) is 12.1 Å². The summed E-state index contributed by atoms with van der Waals surface area (Å²) in [7, 11) is 0. The van der Waals surface area contributed by atoms with Crippen LogP contribution in [0.25, 0.3) is 0 Å². The summed E-state index contributed by atoms with van der Waals surface area (Å²) in [4.78, 5) is 23.9. The SMILES string of the molecule is CC(NC(=O)C1CNC(=O)C1)c1ccc(Cl)s1. The zero-order valence-electron chi connectivity index (χ0n) is 9.33. The summed E-state index contributed by atoms with van der Waals surface area (Å²) in [6, 6.07) is 3.64. The van der Waals surface area contributed by atoms with Gasteiger partial charge in [-0.05, 0) is 19.1 Å². The van der Waals surface area contributed by atoms with E-state index in [2.05, 4.69) is 10.6 Å². The first-order valence-electron chi connectivity index (χ1n) is 5.38. The standard InChI is InChI=1S/C11H13ClN2O2S/c1-6(8-2-3-9(12)17-8)14-11(16)7-4-10(15)13-5-7/h2-3,6-7H,4-5H2,1H3,(H,13,15)(H,14,16). The molecule has 2 rings (SSSR count). The lowest BCUT2D eigenvalue weighted by molar-refractivity contribution is -0.127. The van der Waals surface area contributed by atoms with Gasteiger partial charge in [-0.15, -0.1) is 11.3 Å². The van der Waals surface area contributed by atoms with Crippen molar-refractivity contribution in [2.75, 3.05) is 6.54 Å². The molecule has 1 aliphatic heterocycles. The molecule has 2 unspecified atom stereocenters. The van der Waals surface area contributed by atoms with Crippen LogP contribution in [-0.4, -0.2) is 18.4 Å². The van der Waals surface area contributed by atoms with Gasteiger partial charge in [0.1, 0.15) is 0 Å². The monoisotopic (exact) mass is 272 g/mol. The van der Waals surface area contributed by atoms with Crippen LogP contribution in [0, 0.1) is 5.92 Å². The van der Waals surface area contributed by atoms with Gasteiger partial charge >= 0.3 is 0 Å². The summed E-state index contributed by atoms with van der Waals surface area (Å²) in [5, 5.41) is 5.54. The van der Waals surface area contributed by atoms with Crippen LogP contribution >= 0.6 is 22.9 Å². The topological polar surface area (TPSA) is 58.2 Å². The lowest BCUT2D eigenvalue weighted by Crippen LogP contribution is -2.33. The summed E-state index contributed by atoms with van der Waals surface area (Å²) in [5.41, 5.74) is 0. The van der Waals surface area contributed by atoms with Gasteiger partial charge in [-0.2, -0.15) is 0 Å². The molecule has 1 aromatic rings. The van der Waals surface area contributed by atoms with Crippen molar-refractivity contribution in [2.24, 2.45) is 5.92 Å². The molecule has 1 aliphatic rings. The maximum atomic E-state index is 11.8. The molecule has 2 N–H and O–H groups in total. The molecule has 0 spiro atoms. The molecule has 92 valence electrons. The van der Waals surface area contributed by atoms with Crippen LogP contribution in [0.5, 0.6) is 0 Å². The molecule has 2 atom stereocenters. The normalized spacial score (nSPS) is 21.1. The van der Waals surface area contributed by atoms with Crippen LogP contribution in [0.1, 0.15) is 24.3 Å². The van der Waals surface area contributed by atoms with E-state index in [1.54, 1.807) is 0 Å². The van der Waals surface area contributed by atoms with Crippen molar-refractivity contribution in [1.82, 2.24) is 10.6 Å². The van der Waals surface area contributed by atoms with Crippen molar-refractivity contribution in [2.45, 2.75) is 19.4 Å². The number of amides is 2. The zero-order valence-corrected chi connectivity index (χ0v) is 10.9. The zero-order chi connectivity index (χ0) is 12.4. The molecular formula is C11H13ClN2O2S. The molecule has 2 heterocycles. The van der Waals surface area contributed by atoms with Gasteiger partial charge in [-0.1, -0.05) is 11.6 Å². The third-order valence-corrected chi connectivity index (χ3v) is 4.14. The summed E-state index contributed by atoms with van der Waals surface area (Å²) < 4.78 is 0.707. The van der Waals surface area contributed by atoms with Crippen molar-refractivity contribution in [1.29, 1.82) is 0 Å². The van der Waals surface area contributed by atoms with Gasteiger partial charge in [-0.3, -0.25) is 9.59 Å². The highest BCUT2D eigenvalue weighted by Gasteiger charge is 2.28. The van der Waals surface area contributed by atoms with Gasteiger partial charge in [-0.25, -0.2) is 0 Å². The molecule has 0 radical (unpaired) electrons. The van der Waals surface area contributed by atoms with Crippen LogP contribution in [-0.2, 0) is 9.59 Å². The summed E-state index contributed by atoms with van der Waals surface area (Å²) in [5.74, 6) is -0.391. The Morgan fingerprint density at radius 3 is 2.94 bits per heavy atom. The van der Waals surface area contributed by atoms with Crippen molar-refractivity contribution in [3.63, 3.8) is 0 Å². The molecular weight excluding hydrogens is 260 g/mol. The summed E-state index contributed by atoms with van der Waals surface area (Å²) >= 11 is 7.29. The molecule has 0 saturated carbocycles. The molecule has 1 fully saturated rings. The number of thiophene rings is 1. The fourth-order valence-electron chi connectivity index (χ4n) is 1.75. The number of nitrogens with one attached hydrogen (secondary N) is 2. The molecule has 1 saturated heterocycles. The first-order valence-corrected chi connectivity index (χ1v) is 6.58. The predicted molar refractivity (Wildman–Crippen MR) is 67.0 cm³/mol. The average molecular weight is 273 g/mol. The summed E-state index contributed by atoms with van der Waals surface area (Å²) in [6.45, 7) is 2.34. The fourth-order valence-corrected chi connectivity index (χ4v) is 2.82. The first kappa shape index (κ1) is 12.4. The molecule has 1 aromatic heterocycles. The van der Waals surface area contributed by atoms with Gasteiger partial charge in [0.2, 0.25) is 11.8 Å². The highest BCUT2D eigenvalue weighted by molar-refractivity contribution is 7.16. The predicted octanol–water partition coefficient (Wildman–Crippen LogP) is 1.71. The number of hydrogen-bond acceptors (Lipinski definition) is 3. The Morgan fingerprint density at radius 2 is 2.41 bits per heavy atom. The van der Waals surface area contributed by atoms with Gasteiger partial charge < -0.3 is 10.6 Å². The highest BCUT2D eigenvalue weighted by Crippen LogP contribution is 2.27. The third-order valence-electron chi connectivity index (χ3n) is 2.73. The van der Waals surface area contributed by atoms with E-state index in [-0.39, 0.29) is 30.2 Å². The number of carbonyl (C=O) groups excluding carboxylic acids is 2. The van der Waals surface area contributed by atoms with Crippen molar-refractivity contribution in [3.05, 3.63) is 21.3 Å². The second kappa shape index (κ2) is 5.06. The largest absolute Gasteiger partial charge is 0.355 e. The molecule has 0 aromatic carbocycles. The smallest absolute Gasteiger partial charge is 0.225 e. The van der Waals surface area contributed by atoms with Crippen LogP contribution in [0.2, 0.25) is 4.34 Å². The van der Waals surface area contributed by atoms with Crippen molar-refractivity contribution < 1.29 is 9.59 Å². The lowest BCUT2D eigenvalue weighted by Gasteiger charge is -2.14.